The minimum atomic E-state index is -3.42. The Morgan fingerprint density at radius 3 is 2.15 bits per heavy atom. The van der Waals surface area contributed by atoms with E-state index < -0.39 is 21.5 Å². The Morgan fingerprint density at radius 2 is 1.56 bits per heavy atom. The van der Waals surface area contributed by atoms with Crippen LogP contribution in [-0.2, 0) is 21.1 Å². The van der Waals surface area contributed by atoms with Gasteiger partial charge in [-0.2, -0.15) is 0 Å². The van der Waals surface area contributed by atoms with Gasteiger partial charge in [-0.3, -0.25) is 4.79 Å². The topological polar surface area (TPSA) is 63.2 Å². The monoisotopic (exact) mass is 387 g/mol. The number of sulfone groups is 1. The maximum absolute atomic E-state index is 12.4. The van der Waals surface area contributed by atoms with Gasteiger partial charge in [0.2, 0.25) is 5.91 Å². The van der Waals surface area contributed by atoms with Crippen molar-refractivity contribution < 1.29 is 13.2 Å². The van der Waals surface area contributed by atoms with Crippen molar-refractivity contribution in [3.8, 4) is 0 Å². The van der Waals surface area contributed by atoms with Crippen LogP contribution >= 0.6 is 0 Å². The molecule has 0 heterocycles. The molecule has 4 nitrogen and oxygen atoms in total. The van der Waals surface area contributed by atoms with E-state index in [1.165, 1.54) is 0 Å². The number of nitrogens with one attached hydrogen (secondary N) is 1. The van der Waals surface area contributed by atoms with Crippen LogP contribution in [0.1, 0.15) is 43.9 Å². The minimum absolute atomic E-state index is 0.0233. The van der Waals surface area contributed by atoms with Crippen molar-refractivity contribution in [2.24, 2.45) is 5.92 Å². The second-order valence-corrected chi connectivity index (χ2v) is 9.53. The predicted octanol–water partition coefficient (Wildman–Crippen LogP) is 3.94. The van der Waals surface area contributed by atoms with Gasteiger partial charge in [-0.05, 0) is 36.3 Å². The summed E-state index contributed by atoms with van der Waals surface area (Å²) in [7, 11) is -3.42. The summed E-state index contributed by atoms with van der Waals surface area (Å²) in [5.74, 6) is -0.471. The van der Waals surface area contributed by atoms with Crippen LogP contribution in [0.25, 0.3) is 0 Å². The second kappa shape index (κ2) is 10.3. The molecule has 0 fully saturated rings. The van der Waals surface area contributed by atoms with Crippen molar-refractivity contribution in [1.82, 2.24) is 5.32 Å². The highest BCUT2D eigenvalue weighted by Crippen LogP contribution is 2.21. The van der Waals surface area contributed by atoms with E-state index in [1.807, 2.05) is 60.7 Å². The second-order valence-electron chi connectivity index (χ2n) is 7.34. The van der Waals surface area contributed by atoms with Crippen LogP contribution in [0.4, 0.5) is 0 Å². The van der Waals surface area contributed by atoms with Crippen molar-refractivity contribution in [2.75, 3.05) is 11.5 Å². The average Bonchev–Trinajstić information content (AvgIpc) is 2.62. The molecule has 0 aliphatic carbocycles. The van der Waals surface area contributed by atoms with Gasteiger partial charge in [-0.1, -0.05) is 74.5 Å². The van der Waals surface area contributed by atoms with Gasteiger partial charge in [-0.15, -0.1) is 0 Å². The molecule has 0 bridgehead atoms. The summed E-state index contributed by atoms with van der Waals surface area (Å²) in [5, 5.41) is 2.91. The zero-order chi connectivity index (χ0) is 19.7. The smallest absolute Gasteiger partial charge is 0.235 e. The molecular weight excluding hydrogens is 358 g/mol. The number of amides is 1. The lowest BCUT2D eigenvalue weighted by molar-refractivity contribution is -0.119. The molecule has 2 aromatic carbocycles. The molecule has 0 spiro atoms. The summed E-state index contributed by atoms with van der Waals surface area (Å²) < 4.78 is 24.6. The van der Waals surface area contributed by atoms with E-state index >= 15 is 0 Å². The Labute approximate surface area is 162 Å². The Morgan fingerprint density at radius 1 is 0.963 bits per heavy atom. The first-order valence-electron chi connectivity index (χ1n) is 9.44. The van der Waals surface area contributed by atoms with Gasteiger partial charge in [0.1, 0.15) is 5.75 Å². The molecule has 0 radical (unpaired) electrons. The van der Waals surface area contributed by atoms with E-state index in [0.717, 1.165) is 17.5 Å². The highest BCUT2D eigenvalue weighted by atomic mass is 32.2. The van der Waals surface area contributed by atoms with Gasteiger partial charge in [0.05, 0.1) is 11.8 Å². The summed E-state index contributed by atoms with van der Waals surface area (Å²) in [6.45, 7) is 4.17. The van der Waals surface area contributed by atoms with E-state index in [2.05, 4.69) is 19.2 Å². The third-order valence-corrected chi connectivity index (χ3v) is 5.97. The lowest BCUT2D eigenvalue weighted by Gasteiger charge is -2.21. The first-order valence-corrected chi connectivity index (χ1v) is 11.3. The highest BCUT2D eigenvalue weighted by molar-refractivity contribution is 7.92. The zero-order valence-electron chi connectivity index (χ0n) is 16.1. The third-order valence-electron chi connectivity index (χ3n) is 4.36. The van der Waals surface area contributed by atoms with Gasteiger partial charge < -0.3 is 5.32 Å². The highest BCUT2D eigenvalue weighted by Gasteiger charge is 2.21. The molecule has 0 saturated heterocycles. The lowest BCUT2D eigenvalue weighted by atomic mass is 9.97. The molecule has 146 valence electrons. The number of rotatable bonds is 10. The molecule has 1 N–H and O–H groups in total. The van der Waals surface area contributed by atoms with Crippen molar-refractivity contribution in [3.05, 3.63) is 71.8 Å². The maximum atomic E-state index is 12.4. The van der Waals surface area contributed by atoms with E-state index in [-0.39, 0.29) is 11.8 Å². The van der Waals surface area contributed by atoms with Crippen LogP contribution in [0.5, 0.6) is 0 Å². The average molecular weight is 388 g/mol. The number of carbonyl (C=O) groups excluding carboxylic acids is 1. The molecule has 0 aliphatic rings. The number of carbonyl (C=O) groups is 1. The van der Waals surface area contributed by atoms with Crippen LogP contribution in [-0.4, -0.2) is 25.8 Å². The maximum Gasteiger partial charge on any atom is 0.235 e. The molecule has 5 heteroatoms. The summed E-state index contributed by atoms with van der Waals surface area (Å²) >= 11 is 0. The Kier molecular flexibility index (Phi) is 8.04. The molecule has 0 aromatic heterocycles. The van der Waals surface area contributed by atoms with Gasteiger partial charge >= 0.3 is 0 Å². The standard InChI is InChI=1S/C22H29NO3S/c1-18(2)16-21(20-13-7-4-8-14-20)23-22(24)17-27(25,26)15-9-12-19-10-5-3-6-11-19/h3-8,10-11,13-14,18,21H,9,12,15-17H2,1-2H3,(H,23,24). The third kappa shape index (κ3) is 7.95. The van der Waals surface area contributed by atoms with Crippen molar-refractivity contribution in [3.63, 3.8) is 0 Å². The van der Waals surface area contributed by atoms with Gasteiger partial charge in [-0.25, -0.2) is 8.42 Å². The normalized spacial score (nSPS) is 12.7. The number of hydrogen-bond donors (Lipinski definition) is 1. The molecule has 27 heavy (non-hydrogen) atoms. The first kappa shape index (κ1) is 21.2. The molecule has 1 atom stereocenters. The summed E-state index contributed by atoms with van der Waals surface area (Å²) in [6.07, 6.45) is 1.99. The van der Waals surface area contributed by atoms with E-state index in [1.54, 1.807) is 0 Å². The van der Waals surface area contributed by atoms with Crippen LogP contribution in [0.2, 0.25) is 0 Å². The molecular formula is C22H29NO3S. The van der Waals surface area contributed by atoms with Crippen LogP contribution in [0.15, 0.2) is 60.7 Å². The molecule has 0 saturated carbocycles. The molecule has 0 aliphatic heterocycles. The van der Waals surface area contributed by atoms with Crippen LogP contribution in [0.3, 0.4) is 0 Å². The predicted molar refractivity (Wildman–Crippen MR) is 110 cm³/mol. The Hall–Kier alpha value is -2.14. The van der Waals surface area contributed by atoms with Crippen LogP contribution in [0, 0.1) is 5.92 Å². The fraction of sp³-hybridized carbons (Fsp3) is 0.409. The fourth-order valence-electron chi connectivity index (χ4n) is 3.08. The Balaban J connectivity index is 1.89. The lowest BCUT2D eigenvalue weighted by Crippen LogP contribution is -2.35. The molecule has 1 unspecified atom stereocenters. The van der Waals surface area contributed by atoms with Gasteiger partial charge in [0.25, 0.3) is 0 Å². The Bertz CT molecular complexity index is 802. The first-order chi connectivity index (χ1) is 12.9. The number of benzene rings is 2. The zero-order valence-corrected chi connectivity index (χ0v) is 16.9. The summed E-state index contributed by atoms with van der Waals surface area (Å²) in [6, 6.07) is 19.3. The van der Waals surface area contributed by atoms with E-state index in [4.69, 9.17) is 0 Å². The fourth-order valence-corrected chi connectivity index (χ4v) is 4.30. The molecule has 1 amide bonds. The molecule has 2 rings (SSSR count). The van der Waals surface area contributed by atoms with Crippen LogP contribution < -0.4 is 5.32 Å². The largest absolute Gasteiger partial charge is 0.348 e. The SMILES string of the molecule is CC(C)CC(NC(=O)CS(=O)(=O)CCCc1ccccc1)c1ccccc1. The quantitative estimate of drug-likeness (QED) is 0.672. The number of aryl methyl sites for hydroxylation is 1. The van der Waals surface area contributed by atoms with Crippen molar-refractivity contribution in [1.29, 1.82) is 0 Å². The van der Waals surface area contributed by atoms with E-state index in [0.29, 0.717) is 18.8 Å². The number of hydrogen-bond acceptors (Lipinski definition) is 3. The summed E-state index contributed by atoms with van der Waals surface area (Å²) in [4.78, 5) is 12.4. The van der Waals surface area contributed by atoms with Crippen molar-refractivity contribution in [2.45, 2.75) is 39.2 Å². The van der Waals surface area contributed by atoms with Crippen molar-refractivity contribution >= 4 is 15.7 Å². The van der Waals surface area contributed by atoms with E-state index in [9.17, 15) is 13.2 Å². The molecule has 2 aromatic rings. The summed E-state index contributed by atoms with van der Waals surface area (Å²) in [5.41, 5.74) is 2.11. The van der Waals surface area contributed by atoms with Gasteiger partial charge in [0, 0.05) is 0 Å². The van der Waals surface area contributed by atoms with Gasteiger partial charge in [0.15, 0.2) is 9.84 Å². The minimum Gasteiger partial charge on any atom is -0.348 e.